The molecule has 1 aliphatic heterocycles. The van der Waals surface area contributed by atoms with E-state index in [1.54, 1.807) is 31.7 Å². The first-order valence-electron chi connectivity index (χ1n) is 8.43. The number of aliphatic hydroxyl groups is 1. The van der Waals surface area contributed by atoms with Crippen LogP contribution in [0.1, 0.15) is 44.9 Å². The number of carbonyl (C=O) groups excluding carboxylic acids is 2. The van der Waals surface area contributed by atoms with E-state index in [1.807, 2.05) is 13.0 Å². The standard InChI is InChI=1S/C18H24Cl2N2O4/c1-10-15-11(7-12(19)8-13(15)20)5-6-22(10)16(24)14(23)9-21-17(25)26-18(2,3)4/h7-8,10,14,23H,5-6,9H2,1-4H3,(H,21,25)/t10-,14?/m0/s1. The summed E-state index contributed by atoms with van der Waals surface area (Å²) in [5.41, 5.74) is 1.19. The monoisotopic (exact) mass is 402 g/mol. The molecule has 1 aromatic rings. The molecule has 0 fully saturated rings. The van der Waals surface area contributed by atoms with Crippen molar-refractivity contribution in [1.29, 1.82) is 0 Å². The summed E-state index contributed by atoms with van der Waals surface area (Å²) in [7, 11) is 0. The lowest BCUT2D eigenvalue weighted by Crippen LogP contribution is -2.48. The smallest absolute Gasteiger partial charge is 0.407 e. The van der Waals surface area contributed by atoms with E-state index in [0.29, 0.717) is 23.0 Å². The predicted molar refractivity (Wildman–Crippen MR) is 101 cm³/mol. The second-order valence-electron chi connectivity index (χ2n) is 7.32. The SMILES string of the molecule is C[C@H]1c2c(Cl)cc(Cl)cc2CCN1C(=O)C(O)CNC(=O)OC(C)(C)C. The Morgan fingerprint density at radius 3 is 2.65 bits per heavy atom. The molecule has 2 rings (SSSR count). The van der Waals surface area contributed by atoms with Crippen molar-refractivity contribution in [2.24, 2.45) is 0 Å². The molecule has 26 heavy (non-hydrogen) atoms. The molecule has 2 amide bonds. The number of nitrogens with zero attached hydrogens (tertiary/aromatic N) is 1. The van der Waals surface area contributed by atoms with Gasteiger partial charge < -0.3 is 20.1 Å². The maximum absolute atomic E-state index is 12.6. The van der Waals surface area contributed by atoms with Gasteiger partial charge in [0.2, 0.25) is 0 Å². The van der Waals surface area contributed by atoms with Crippen molar-refractivity contribution in [3.8, 4) is 0 Å². The topological polar surface area (TPSA) is 78.9 Å². The molecule has 1 unspecified atom stereocenters. The average molecular weight is 403 g/mol. The van der Waals surface area contributed by atoms with E-state index >= 15 is 0 Å². The molecule has 0 aromatic heterocycles. The van der Waals surface area contributed by atoms with Gasteiger partial charge in [0.05, 0.1) is 12.6 Å². The van der Waals surface area contributed by atoms with Gasteiger partial charge in [-0.05, 0) is 57.4 Å². The first kappa shape index (κ1) is 20.8. The van der Waals surface area contributed by atoms with Crippen molar-refractivity contribution in [2.45, 2.75) is 51.9 Å². The van der Waals surface area contributed by atoms with Gasteiger partial charge in [0, 0.05) is 16.6 Å². The van der Waals surface area contributed by atoms with Gasteiger partial charge >= 0.3 is 6.09 Å². The number of halogens is 2. The summed E-state index contributed by atoms with van der Waals surface area (Å²) in [6.07, 6.45) is -1.45. The summed E-state index contributed by atoms with van der Waals surface area (Å²) in [4.78, 5) is 25.8. The van der Waals surface area contributed by atoms with Crippen molar-refractivity contribution < 1.29 is 19.4 Å². The second-order valence-corrected chi connectivity index (χ2v) is 8.16. The van der Waals surface area contributed by atoms with Crippen LogP contribution in [0.2, 0.25) is 10.0 Å². The summed E-state index contributed by atoms with van der Waals surface area (Å²) in [6, 6.07) is 3.20. The van der Waals surface area contributed by atoms with Crippen molar-refractivity contribution in [3.05, 3.63) is 33.3 Å². The Morgan fingerprint density at radius 2 is 2.04 bits per heavy atom. The third-order valence-corrected chi connectivity index (χ3v) is 4.63. The minimum atomic E-state index is -1.36. The van der Waals surface area contributed by atoms with Gasteiger partial charge in [0.15, 0.2) is 0 Å². The molecule has 6 nitrogen and oxygen atoms in total. The van der Waals surface area contributed by atoms with Gasteiger partial charge in [0.1, 0.15) is 11.7 Å². The van der Waals surface area contributed by atoms with Crippen LogP contribution < -0.4 is 5.32 Å². The number of nitrogens with one attached hydrogen (secondary N) is 1. The molecule has 0 spiro atoms. The first-order chi connectivity index (χ1) is 12.0. The van der Waals surface area contributed by atoms with Crippen LogP contribution in [0.15, 0.2) is 12.1 Å². The average Bonchev–Trinajstić information content (AvgIpc) is 2.50. The molecular weight excluding hydrogens is 379 g/mol. The van der Waals surface area contributed by atoms with E-state index in [4.69, 9.17) is 27.9 Å². The molecule has 1 aliphatic rings. The quantitative estimate of drug-likeness (QED) is 0.812. The molecular formula is C18H24Cl2N2O4. The molecule has 1 aromatic carbocycles. The number of aliphatic hydroxyl groups excluding tert-OH is 1. The van der Waals surface area contributed by atoms with Crippen molar-refractivity contribution >= 4 is 35.2 Å². The number of hydrogen-bond acceptors (Lipinski definition) is 4. The van der Waals surface area contributed by atoms with Gasteiger partial charge in [-0.1, -0.05) is 23.2 Å². The van der Waals surface area contributed by atoms with Crippen molar-refractivity contribution in [1.82, 2.24) is 10.2 Å². The van der Waals surface area contributed by atoms with E-state index in [2.05, 4.69) is 5.32 Å². The minimum absolute atomic E-state index is 0.224. The number of ether oxygens (including phenoxy) is 1. The molecule has 2 atom stereocenters. The maximum atomic E-state index is 12.6. The molecule has 2 N–H and O–H groups in total. The fourth-order valence-corrected chi connectivity index (χ4v) is 3.67. The van der Waals surface area contributed by atoms with E-state index in [1.165, 1.54) is 0 Å². The van der Waals surface area contributed by atoms with E-state index in [-0.39, 0.29) is 12.6 Å². The van der Waals surface area contributed by atoms with Gasteiger partial charge in [0.25, 0.3) is 5.91 Å². The van der Waals surface area contributed by atoms with Crippen LogP contribution in [-0.4, -0.2) is 46.8 Å². The minimum Gasteiger partial charge on any atom is -0.444 e. The number of benzene rings is 1. The summed E-state index contributed by atoms with van der Waals surface area (Å²) in [5, 5.41) is 13.6. The Bertz CT molecular complexity index is 703. The highest BCUT2D eigenvalue weighted by Crippen LogP contribution is 2.37. The Balaban J connectivity index is 2.02. The molecule has 8 heteroatoms. The number of hydrogen-bond donors (Lipinski definition) is 2. The molecule has 0 radical (unpaired) electrons. The number of rotatable bonds is 3. The lowest BCUT2D eigenvalue weighted by atomic mass is 9.93. The van der Waals surface area contributed by atoms with Crippen LogP contribution in [0, 0.1) is 0 Å². The van der Waals surface area contributed by atoms with Gasteiger partial charge in [-0.3, -0.25) is 4.79 Å². The van der Waals surface area contributed by atoms with Crippen LogP contribution in [0.5, 0.6) is 0 Å². The van der Waals surface area contributed by atoms with Crippen LogP contribution in [0.3, 0.4) is 0 Å². The van der Waals surface area contributed by atoms with Gasteiger partial charge in [-0.25, -0.2) is 4.79 Å². The number of carbonyl (C=O) groups is 2. The van der Waals surface area contributed by atoms with Crippen molar-refractivity contribution in [3.63, 3.8) is 0 Å². The molecule has 0 aliphatic carbocycles. The third kappa shape index (κ3) is 5.02. The van der Waals surface area contributed by atoms with Crippen LogP contribution in [0.4, 0.5) is 4.79 Å². The number of fused-ring (bicyclic) bond motifs is 1. The molecule has 144 valence electrons. The van der Waals surface area contributed by atoms with Crippen LogP contribution in [-0.2, 0) is 16.0 Å². The second kappa shape index (κ2) is 8.03. The number of amides is 2. The Kier molecular flexibility index (Phi) is 6.42. The first-order valence-corrected chi connectivity index (χ1v) is 9.18. The fraction of sp³-hybridized carbons (Fsp3) is 0.556. The fourth-order valence-electron chi connectivity index (χ4n) is 2.98. The summed E-state index contributed by atoms with van der Waals surface area (Å²) < 4.78 is 5.09. The lowest BCUT2D eigenvalue weighted by molar-refractivity contribution is -0.142. The summed E-state index contributed by atoms with van der Waals surface area (Å²) in [5.74, 6) is -0.467. The third-order valence-electron chi connectivity index (χ3n) is 4.09. The Hall–Kier alpha value is -1.50. The maximum Gasteiger partial charge on any atom is 0.407 e. The van der Waals surface area contributed by atoms with Crippen molar-refractivity contribution in [2.75, 3.05) is 13.1 Å². The zero-order valence-electron chi connectivity index (χ0n) is 15.3. The predicted octanol–water partition coefficient (Wildman–Crippen LogP) is 3.32. The zero-order chi connectivity index (χ0) is 19.6. The molecule has 1 heterocycles. The summed E-state index contributed by atoms with van der Waals surface area (Å²) >= 11 is 12.3. The highest BCUT2D eigenvalue weighted by molar-refractivity contribution is 6.35. The Morgan fingerprint density at radius 1 is 1.38 bits per heavy atom. The highest BCUT2D eigenvalue weighted by atomic mass is 35.5. The highest BCUT2D eigenvalue weighted by Gasteiger charge is 2.33. The zero-order valence-corrected chi connectivity index (χ0v) is 16.8. The lowest BCUT2D eigenvalue weighted by Gasteiger charge is -2.37. The molecule has 0 saturated heterocycles. The van der Waals surface area contributed by atoms with E-state index in [9.17, 15) is 14.7 Å². The van der Waals surface area contributed by atoms with Crippen LogP contribution >= 0.6 is 23.2 Å². The Labute approximate surface area is 163 Å². The van der Waals surface area contributed by atoms with Crippen LogP contribution in [0.25, 0.3) is 0 Å². The van der Waals surface area contributed by atoms with E-state index < -0.39 is 23.7 Å². The molecule has 0 saturated carbocycles. The van der Waals surface area contributed by atoms with E-state index in [0.717, 1.165) is 11.1 Å². The molecule has 0 bridgehead atoms. The normalized spacial score (nSPS) is 18.1. The number of alkyl carbamates (subject to hydrolysis) is 1. The summed E-state index contributed by atoms with van der Waals surface area (Å²) in [6.45, 7) is 7.26. The van der Waals surface area contributed by atoms with Gasteiger partial charge in [-0.15, -0.1) is 0 Å². The van der Waals surface area contributed by atoms with Gasteiger partial charge in [-0.2, -0.15) is 0 Å². The largest absolute Gasteiger partial charge is 0.444 e.